The van der Waals surface area contributed by atoms with Crippen molar-refractivity contribution in [1.29, 1.82) is 0 Å². The van der Waals surface area contributed by atoms with Gasteiger partial charge in [0.15, 0.2) is 5.82 Å². The third kappa shape index (κ3) is 5.56. The van der Waals surface area contributed by atoms with Gasteiger partial charge in [0.2, 0.25) is 11.9 Å². The molecule has 0 aliphatic heterocycles. The van der Waals surface area contributed by atoms with E-state index in [0.29, 0.717) is 22.9 Å². The van der Waals surface area contributed by atoms with E-state index < -0.39 is 11.9 Å². The van der Waals surface area contributed by atoms with Gasteiger partial charge in [-0.2, -0.15) is 9.97 Å². The van der Waals surface area contributed by atoms with Crippen LogP contribution in [0, 0.1) is 0 Å². The van der Waals surface area contributed by atoms with E-state index in [1.165, 1.54) is 6.07 Å². The number of carbonyl (C=O) groups is 1. The van der Waals surface area contributed by atoms with Gasteiger partial charge in [0.05, 0.1) is 23.2 Å². The molecular weight excluding hydrogens is 470 g/mol. The van der Waals surface area contributed by atoms with Gasteiger partial charge in [0.1, 0.15) is 11.4 Å². The summed E-state index contributed by atoms with van der Waals surface area (Å²) < 4.78 is 5.46. The summed E-state index contributed by atoms with van der Waals surface area (Å²) in [4.78, 5) is 24.9. The van der Waals surface area contributed by atoms with Gasteiger partial charge in [-0.1, -0.05) is 60.9 Å². The fraction of sp³-hybridized carbons (Fsp3) is 0.208. The van der Waals surface area contributed by atoms with Gasteiger partial charge < -0.3 is 26.0 Å². The zero-order chi connectivity index (χ0) is 24.9. The molecule has 0 aliphatic carbocycles. The molecule has 1 atom stereocenters. The summed E-state index contributed by atoms with van der Waals surface area (Å²) in [6.45, 7) is 3.74. The Labute approximate surface area is 206 Å². The predicted octanol–water partition coefficient (Wildman–Crippen LogP) is 4.29. The second kappa shape index (κ2) is 10.5. The summed E-state index contributed by atoms with van der Waals surface area (Å²) in [5.74, 6) is 0.885. The van der Waals surface area contributed by atoms with E-state index in [2.05, 4.69) is 30.7 Å². The normalized spacial score (nSPS) is 11.9. The molecule has 0 bridgehead atoms. The number of nitrogens with two attached hydrogens (primary N) is 1. The molecule has 0 radical (unpaired) electrons. The standard InChI is InChI=1S/C24H24ClN7O3/c1-13(2)21-30-23(35-32-21)17-11-27-24(28-15-8-9-16(20(26)34)18(25)10-15)31-22(17)29-19(12-33)14-6-4-3-5-7-14/h3-11,13,19,33H,12H2,1-2H3,(H2,26,34)(H2,27,28,29,31)/t19-/m1/s1. The van der Waals surface area contributed by atoms with Crippen LogP contribution in [0.15, 0.2) is 59.3 Å². The van der Waals surface area contributed by atoms with Crippen molar-refractivity contribution in [3.8, 4) is 11.5 Å². The molecule has 180 valence electrons. The second-order valence-corrected chi connectivity index (χ2v) is 8.45. The first-order valence-electron chi connectivity index (χ1n) is 10.9. The number of aliphatic hydroxyl groups is 1. The van der Waals surface area contributed by atoms with Gasteiger partial charge >= 0.3 is 0 Å². The number of aliphatic hydroxyl groups excluding tert-OH is 1. The monoisotopic (exact) mass is 493 g/mol. The number of carbonyl (C=O) groups excluding carboxylic acids is 1. The summed E-state index contributed by atoms with van der Waals surface area (Å²) in [5.41, 5.74) is 7.44. The fourth-order valence-corrected chi connectivity index (χ4v) is 3.57. The van der Waals surface area contributed by atoms with Crippen LogP contribution in [0.3, 0.4) is 0 Å². The number of hydrogen-bond acceptors (Lipinski definition) is 9. The zero-order valence-corrected chi connectivity index (χ0v) is 19.8. The van der Waals surface area contributed by atoms with Gasteiger partial charge in [-0.25, -0.2) is 4.98 Å². The van der Waals surface area contributed by atoms with Gasteiger partial charge in [0, 0.05) is 17.8 Å². The van der Waals surface area contributed by atoms with Gasteiger partial charge in [0.25, 0.3) is 5.89 Å². The molecule has 5 N–H and O–H groups in total. The van der Waals surface area contributed by atoms with Crippen molar-refractivity contribution in [2.75, 3.05) is 17.2 Å². The molecule has 35 heavy (non-hydrogen) atoms. The lowest BCUT2D eigenvalue weighted by Gasteiger charge is -2.19. The van der Waals surface area contributed by atoms with Crippen molar-refractivity contribution >= 4 is 35.0 Å². The first kappa shape index (κ1) is 24.1. The number of halogens is 1. The quantitative estimate of drug-likeness (QED) is 0.267. The maximum atomic E-state index is 11.4. The van der Waals surface area contributed by atoms with Gasteiger partial charge in [-0.15, -0.1) is 0 Å². The minimum absolute atomic E-state index is 0.0772. The molecule has 11 heteroatoms. The topological polar surface area (TPSA) is 152 Å². The number of nitrogens with one attached hydrogen (secondary N) is 2. The van der Waals surface area contributed by atoms with Crippen molar-refractivity contribution in [2.24, 2.45) is 5.73 Å². The Morgan fingerprint density at radius 1 is 1.17 bits per heavy atom. The van der Waals surface area contributed by atoms with Crippen LogP contribution in [0.25, 0.3) is 11.5 Å². The highest BCUT2D eigenvalue weighted by Crippen LogP contribution is 2.30. The summed E-state index contributed by atoms with van der Waals surface area (Å²) in [6.07, 6.45) is 1.55. The molecule has 2 heterocycles. The van der Waals surface area contributed by atoms with E-state index in [1.807, 2.05) is 44.2 Å². The molecule has 0 saturated heterocycles. The molecule has 10 nitrogen and oxygen atoms in total. The molecule has 0 spiro atoms. The minimum Gasteiger partial charge on any atom is -0.394 e. The first-order valence-corrected chi connectivity index (χ1v) is 11.2. The van der Waals surface area contributed by atoms with Gasteiger partial charge in [-0.05, 0) is 23.8 Å². The Hall–Kier alpha value is -4.02. The largest absolute Gasteiger partial charge is 0.394 e. The van der Waals surface area contributed by atoms with Crippen LogP contribution in [0.2, 0.25) is 5.02 Å². The van der Waals surface area contributed by atoms with Crippen molar-refractivity contribution in [1.82, 2.24) is 20.1 Å². The molecule has 0 fully saturated rings. The lowest BCUT2D eigenvalue weighted by Crippen LogP contribution is -2.17. The third-order valence-corrected chi connectivity index (χ3v) is 5.48. The molecule has 4 aromatic rings. The van der Waals surface area contributed by atoms with E-state index in [1.54, 1.807) is 18.3 Å². The molecule has 0 aliphatic rings. The Bertz CT molecular complexity index is 1330. The number of primary amides is 1. The number of hydrogen-bond donors (Lipinski definition) is 4. The van der Waals surface area contributed by atoms with Crippen LogP contribution in [-0.2, 0) is 0 Å². The van der Waals surface area contributed by atoms with Crippen molar-refractivity contribution in [2.45, 2.75) is 25.8 Å². The second-order valence-electron chi connectivity index (χ2n) is 8.04. The maximum Gasteiger partial charge on any atom is 0.263 e. The number of nitrogens with zero attached hydrogens (tertiary/aromatic N) is 4. The predicted molar refractivity (Wildman–Crippen MR) is 133 cm³/mol. The molecular formula is C24H24ClN7O3. The summed E-state index contributed by atoms with van der Waals surface area (Å²) in [5, 5.41) is 20.6. The van der Waals surface area contributed by atoms with Crippen LogP contribution in [0.5, 0.6) is 0 Å². The SMILES string of the molecule is CC(C)c1noc(-c2cnc(Nc3ccc(C(N)=O)c(Cl)c3)nc2N[C@H](CO)c2ccccc2)n1. The number of benzene rings is 2. The smallest absolute Gasteiger partial charge is 0.263 e. The number of anilines is 3. The number of rotatable bonds is 9. The number of aromatic nitrogens is 4. The Balaban J connectivity index is 1.70. The van der Waals surface area contributed by atoms with Crippen LogP contribution < -0.4 is 16.4 Å². The molecule has 2 aromatic heterocycles. The molecule has 0 saturated carbocycles. The third-order valence-electron chi connectivity index (χ3n) is 5.16. The van der Waals surface area contributed by atoms with Crippen molar-refractivity contribution in [3.63, 3.8) is 0 Å². The van der Waals surface area contributed by atoms with Crippen LogP contribution in [0.1, 0.15) is 47.6 Å². The van der Waals surface area contributed by atoms with E-state index in [9.17, 15) is 9.90 Å². The van der Waals surface area contributed by atoms with Crippen molar-refractivity contribution in [3.05, 3.63) is 76.7 Å². The van der Waals surface area contributed by atoms with E-state index in [4.69, 9.17) is 21.9 Å². The minimum atomic E-state index is -0.620. The molecule has 1 amide bonds. The molecule has 4 rings (SSSR count). The lowest BCUT2D eigenvalue weighted by atomic mass is 10.1. The zero-order valence-electron chi connectivity index (χ0n) is 19.1. The molecule has 2 aromatic carbocycles. The van der Waals surface area contributed by atoms with Crippen LogP contribution in [0.4, 0.5) is 17.5 Å². The van der Waals surface area contributed by atoms with Gasteiger partial charge in [-0.3, -0.25) is 4.79 Å². The summed E-state index contributed by atoms with van der Waals surface area (Å²) >= 11 is 6.16. The lowest BCUT2D eigenvalue weighted by molar-refractivity contribution is 0.100. The average Bonchev–Trinajstić information content (AvgIpc) is 3.33. The first-order chi connectivity index (χ1) is 16.9. The Kier molecular flexibility index (Phi) is 7.23. The van der Waals surface area contributed by atoms with E-state index >= 15 is 0 Å². The highest BCUT2D eigenvalue weighted by atomic mass is 35.5. The highest BCUT2D eigenvalue weighted by molar-refractivity contribution is 6.34. The Morgan fingerprint density at radius 2 is 1.94 bits per heavy atom. The van der Waals surface area contributed by atoms with E-state index in [-0.39, 0.29) is 34.9 Å². The van der Waals surface area contributed by atoms with Crippen LogP contribution in [-0.4, -0.2) is 37.7 Å². The highest BCUT2D eigenvalue weighted by Gasteiger charge is 2.20. The molecule has 0 unspecified atom stereocenters. The van der Waals surface area contributed by atoms with E-state index in [0.717, 1.165) is 5.56 Å². The maximum absolute atomic E-state index is 11.4. The summed E-state index contributed by atoms with van der Waals surface area (Å²) in [7, 11) is 0. The van der Waals surface area contributed by atoms with Crippen molar-refractivity contribution < 1.29 is 14.4 Å². The number of amides is 1. The van der Waals surface area contributed by atoms with Crippen LogP contribution >= 0.6 is 11.6 Å². The Morgan fingerprint density at radius 3 is 2.57 bits per heavy atom. The summed E-state index contributed by atoms with van der Waals surface area (Å²) in [6, 6.07) is 13.7. The average molecular weight is 494 g/mol. The fourth-order valence-electron chi connectivity index (χ4n) is 3.29.